The van der Waals surface area contributed by atoms with Gasteiger partial charge in [0.25, 0.3) is 5.91 Å². The van der Waals surface area contributed by atoms with Crippen molar-refractivity contribution in [3.8, 4) is 0 Å². The molecular formula is C19H21N5O. The van der Waals surface area contributed by atoms with Crippen molar-refractivity contribution in [3.63, 3.8) is 0 Å². The highest BCUT2D eigenvalue weighted by Gasteiger charge is 2.22. The number of rotatable bonds is 3. The number of H-pyrrole nitrogens is 1. The van der Waals surface area contributed by atoms with Crippen LogP contribution >= 0.6 is 0 Å². The molecule has 25 heavy (non-hydrogen) atoms. The topological polar surface area (TPSA) is 73.9 Å². The molecule has 1 amide bonds. The Morgan fingerprint density at radius 1 is 1.20 bits per heavy atom. The summed E-state index contributed by atoms with van der Waals surface area (Å²) in [6.45, 7) is 3.85. The minimum atomic E-state index is -0.0246. The standard InChI is InChI=1S/C19H21N5O/c1-13-2-5-18(20-11-13)24-8-6-15(7-9-24)23-19(25)14-3-4-16-17(10-14)22-12-21-16/h2-5,10-12,15H,6-9H2,1H3,(H,21,22)(H,23,25). The monoisotopic (exact) mass is 335 g/mol. The molecule has 6 heteroatoms. The van der Waals surface area contributed by atoms with E-state index in [9.17, 15) is 4.79 Å². The Labute approximate surface area is 146 Å². The van der Waals surface area contributed by atoms with Crippen LogP contribution in [0.25, 0.3) is 11.0 Å². The Morgan fingerprint density at radius 3 is 2.80 bits per heavy atom. The molecule has 0 unspecified atom stereocenters. The van der Waals surface area contributed by atoms with E-state index in [1.54, 1.807) is 6.33 Å². The molecule has 0 saturated carbocycles. The molecule has 3 aromatic rings. The third kappa shape index (κ3) is 3.33. The van der Waals surface area contributed by atoms with Gasteiger partial charge in [-0.05, 0) is 49.6 Å². The van der Waals surface area contributed by atoms with Crippen LogP contribution in [0.2, 0.25) is 0 Å². The quantitative estimate of drug-likeness (QED) is 0.772. The number of imidazole rings is 1. The zero-order valence-electron chi connectivity index (χ0n) is 14.2. The molecule has 1 aromatic carbocycles. The van der Waals surface area contributed by atoms with Crippen LogP contribution in [0.3, 0.4) is 0 Å². The average molecular weight is 335 g/mol. The summed E-state index contributed by atoms with van der Waals surface area (Å²) in [7, 11) is 0. The number of hydrogen-bond donors (Lipinski definition) is 2. The van der Waals surface area contributed by atoms with Crippen molar-refractivity contribution in [1.29, 1.82) is 0 Å². The number of carbonyl (C=O) groups excluding carboxylic acids is 1. The number of benzene rings is 1. The first-order valence-electron chi connectivity index (χ1n) is 8.61. The average Bonchev–Trinajstić information content (AvgIpc) is 3.11. The van der Waals surface area contributed by atoms with Crippen LogP contribution in [0.15, 0.2) is 42.9 Å². The number of nitrogens with one attached hydrogen (secondary N) is 2. The molecule has 0 spiro atoms. The lowest BCUT2D eigenvalue weighted by molar-refractivity contribution is 0.0931. The predicted octanol–water partition coefficient (Wildman–Crippen LogP) is 2.67. The Kier molecular flexibility index (Phi) is 4.09. The predicted molar refractivity (Wildman–Crippen MR) is 97.8 cm³/mol. The normalized spacial score (nSPS) is 15.5. The molecule has 0 atom stereocenters. The summed E-state index contributed by atoms with van der Waals surface area (Å²) < 4.78 is 0. The number of amides is 1. The highest BCUT2D eigenvalue weighted by atomic mass is 16.1. The summed E-state index contributed by atoms with van der Waals surface area (Å²) in [4.78, 5) is 26.5. The van der Waals surface area contributed by atoms with Crippen LogP contribution < -0.4 is 10.2 Å². The van der Waals surface area contributed by atoms with Crippen LogP contribution in [0.5, 0.6) is 0 Å². The molecule has 6 nitrogen and oxygen atoms in total. The van der Waals surface area contributed by atoms with E-state index in [0.717, 1.165) is 42.8 Å². The summed E-state index contributed by atoms with van der Waals surface area (Å²) in [5, 5.41) is 3.15. The second-order valence-electron chi connectivity index (χ2n) is 6.56. The Balaban J connectivity index is 1.36. The zero-order chi connectivity index (χ0) is 17.2. The van der Waals surface area contributed by atoms with Crippen molar-refractivity contribution in [3.05, 3.63) is 54.0 Å². The van der Waals surface area contributed by atoms with E-state index < -0.39 is 0 Å². The molecular weight excluding hydrogens is 314 g/mol. The van der Waals surface area contributed by atoms with E-state index in [1.165, 1.54) is 5.56 Å². The lowest BCUT2D eigenvalue weighted by Gasteiger charge is -2.33. The van der Waals surface area contributed by atoms with Gasteiger partial charge in [0.1, 0.15) is 5.82 Å². The lowest BCUT2D eigenvalue weighted by Crippen LogP contribution is -2.45. The number of nitrogens with zero attached hydrogens (tertiary/aromatic N) is 3. The summed E-state index contributed by atoms with van der Waals surface area (Å²) in [5.74, 6) is 0.989. The van der Waals surface area contributed by atoms with Crippen LogP contribution in [0.4, 0.5) is 5.82 Å². The minimum absolute atomic E-state index is 0.0246. The van der Waals surface area contributed by atoms with Gasteiger partial charge in [0.2, 0.25) is 0 Å². The largest absolute Gasteiger partial charge is 0.356 e. The van der Waals surface area contributed by atoms with Crippen molar-refractivity contribution in [2.45, 2.75) is 25.8 Å². The van der Waals surface area contributed by atoms with E-state index in [4.69, 9.17) is 0 Å². The first kappa shape index (κ1) is 15.6. The van der Waals surface area contributed by atoms with Crippen LogP contribution in [-0.4, -0.2) is 40.0 Å². The fourth-order valence-electron chi connectivity index (χ4n) is 3.25. The minimum Gasteiger partial charge on any atom is -0.356 e. The summed E-state index contributed by atoms with van der Waals surface area (Å²) >= 11 is 0. The molecule has 2 N–H and O–H groups in total. The fraction of sp³-hybridized carbons (Fsp3) is 0.316. The highest BCUT2D eigenvalue weighted by Crippen LogP contribution is 2.19. The molecule has 1 aliphatic rings. The number of fused-ring (bicyclic) bond motifs is 1. The smallest absolute Gasteiger partial charge is 0.251 e. The third-order valence-electron chi connectivity index (χ3n) is 4.73. The fourth-order valence-corrected chi connectivity index (χ4v) is 3.25. The Morgan fingerprint density at radius 2 is 2.04 bits per heavy atom. The van der Waals surface area contributed by atoms with Gasteiger partial charge >= 0.3 is 0 Å². The zero-order valence-corrected chi connectivity index (χ0v) is 14.2. The van der Waals surface area contributed by atoms with E-state index in [1.807, 2.05) is 31.3 Å². The molecule has 128 valence electrons. The lowest BCUT2D eigenvalue weighted by atomic mass is 10.0. The van der Waals surface area contributed by atoms with Gasteiger partial charge in [-0.3, -0.25) is 4.79 Å². The number of hydrogen-bond acceptors (Lipinski definition) is 4. The van der Waals surface area contributed by atoms with Gasteiger partial charge in [0.15, 0.2) is 0 Å². The molecule has 1 fully saturated rings. The van der Waals surface area contributed by atoms with Crippen LogP contribution in [-0.2, 0) is 0 Å². The molecule has 4 rings (SSSR count). The number of pyridine rings is 1. The molecule has 0 bridgehead atoms. The third-order valence-corrected chi connectivity index (χ3v) is 4.73. The number of aromatic amines is 1. The summed E-state index contributed by atoms with van der Waals surface area (Å²) in [6.07, 6.45) is 5.39. The molecule has 0 radical (unpaired) electrons. The van der Waals surface area contributed by atoms with Crippen molar-refractivity contribution in [1.82, 2.24) is 20.3 Å². The second kappa shape index (κ2) is 6.55. The Hall–Kier alpha value is -2.89. The van der Waals surface area contributed by atoms with Gasteiger partial charge in [0, 0.05) is 30.9 Å². The van der Waals surface area contributed by atoms with Gasteiger partial charge in [0.05, 0.1) is 17.4 Å². The molecule has 2 aromatic heterocycles. The van der Waals surface area contributed by atoms with E-state index in [-0.39, 0.29) is 11.9 Å². The summed E-state index contributed by atoms with van der Waals surface area (Å²) in [5.41, 5.74) is 3.59. The number of carbonyl (C=O) groups is 1. The van der Waals surface area contributed by atoms with Gasteiger partial charge in [-0.15, -0.1) is 0 Å². The molecule has 3 heterocycles. The molecule has 1 aliphatic heterocycles. The number of aromatic nitrogens is 3. The first-order chi connectivity index (χ1) is 12.2. The maximum atomic E-state index is 12.5. The van der Waals surface area contributed by atoms with E-state index in [2.05, 4.69) is 37.3 Å². The van der Waals surface area contributed by atoms with E-state index >= 15 is 0 Å². The molecule has 0 aliphatic carbocycles. The summed E-state index contributed by atoms with van der Waals surface area (Å²) in [6, 6.07) is 9.89. The number of aryl methyl sites for hydroxylation is 1. The van der Waals surface area contributed by atoms with E-state index in [0.29, 0.717) is 5.56 Å². The van der Waals surface area contributed by atoms with Crippen molar-refractivity contribution >= 4 is 22.8 Å². The SMILES string of the molecule is Cc1ccc(N2CCC(NC(=O)c3ccc4nc[nH]c4c3)CC2)nc1. The highest BCUT2D eigenvalue weighted by molar-refractivity contribution is 5.97. The van der Waals surface area contributed by atoms with Gasteiger partial charge in [-0.1, -0.05) is 6.07 Å². The van der Waals surface area contributed by atoms with Crippen molar-refractivity contribution in [2.24, 2.45) is 0 Å². The van der Waals surface area contributed by atoms with Crippen molar-refractivity contribution in [2.75, 3.05) is 18.0 Å². The number of anilines is 1. The molecule has 1 saturated heterocycles. The maximum absolute atomic E-state index is 12.5. The van der Waals surface area contributed by atoms with Crippen LogP contribution in [0, 0.1) is 6.92 Å². The first-order valence-corrected chi connectivity index (χ1v) is 8.61. The Bertz CT molecular complexity index is 878. The second-order valence-corrected chi connectivity index (χ2v) is 6.56. The van der Waals surface area contributed by atoms with Gasteiger partial charge in [-0.25, -0.2) is 9.97 Å². The number of piperidine rings is 1. The maximum Gasteiger partial charge on any atom is 0.251 e. The van der Waals surface area contributed by atoms with Crippen molar-refractivity contribution < 1.29 is 4.79 Å². The van der Waals surface area contributed by atoms with Crippen LogP contribution in [0.1, 0.15) is 28.8 Å². The van der Waals surface area contributed by atoms with Gasteiger partial charge < -0.3 is 15.2 Å². The van der Waals surface area contributed by atoms with Gasteiger partial charge in [-0.2, -0.15) is 0 Å².